The number of carbonyl (C=O) groups is 1. The molecule has 0 saturated carbocycles. The quantitative estimate of drug-likeness (QED) is 0.363. The molecular weight excluding hydrogens is 308 g/mol. The molecule has 0 radical (unpaired) electrons. The van der Waals surface area contributed by atoms with Crippen LogP contribution >= 0.6 is 0 Å². The van der Waals surface area contributed by atoms with Gasteiger partial charge in [0.05, 0.1) is 0 Å². The number of hydrogen-bond donors (Lipinski definition) is 1. The molecule has 0 aromatic carbocycles. The third-order valence-corrected chi connectivity index (χ3v) is 5.46. The van der Waals surface area contributed by atoms with E-state index in [4.69, 9.17) is 0 Å². The van der Waals surface area contributed by atoms with Crippen LogP contribution in [-0.4, -0.2) is 36.5 Å². The second-order valence-corrected chi connectivity index (χ2v) is 7.99. The summed E-state index contributed by atoms with van der Waals surface area (Å²) < 4.78 is 0. The lowest BCUT2D eigenvalue weighted by molar-refractivity contribution is -0.122. The van der Waals surface area contributed by atoms with Crippen molar-refractivity contribution in [3.05, 3.63) is 0 Å². The zero-order chi connectivity index (χ0) is 18.2. The first-order valence-corrected chi connectivity index (χ1v) is 11.3. The fraction of sp³-hybridized carbons (Fsp3) is 0.955. The highest BCUT2D eigenvalue weighted by Gasteiger charge is 2.18. The average Bonchev–Trinajstić information content (AvgIpc) is 3.10. The van der Waals surface area contributed by atoms with E-state index in [0.29, 0.717) is 6.04 Å². The fourth-order valence-corrected chi connectivity index (χ4v) is 3.85. The van der Waals surface area contributed by atoms with Crippen molar-refractivity contribution in [3.8, 4) is 0 Å². The summed E-state index contributed by atoms with van der Waals surface area (Å²) in [7, 11) is 0. The molecule has 3 heteroatoms. The molecule has 25 heavy (non-hydrogen) atoms. The van der Waals surface area contributed by atoms with E-state index in [9.17, 15) is 4.79 Å². The van der Waals surface area contributed by atoms with Crippen molar-refractivity contribution in [1.82, 2.24) is 10.2 Å². The molecule has 0 unspecified atom stereocenters. The first kappa shape index (κ1) is 22.5. The number of carbonyl (C=O) groups excluding carboxylic acids is 1. The van der Waals surface area contributed by atoms with Gasteiger partial charge in [0.25, 0.3) is 0 Å². The normalized spacial score (nSPS) is 16.2. The number of nitrogens with zero attached hydrogens (tertiary/aromatic N) is 1. The Morgan fingerprint density at radius 1 is 0.840 bits per heavy atom. The summed E-state index contributed by atoms with van der Waals surface area (Å²) in [6.45, 7) is 8.01. The number of likely N-dealkylation sites (tertiary alicyclic amines) is 1. The number of amides is 1. The van der Waals surface area contributed by atoms with Gasteiger partial charge in [-0.05, 0) is 38.8 Å². The van der Waals surface area contributed by atoms with Crippen molar-refractivity contribution in [3.63, 3.8) is 0 Å². The van der Waals surface area contributed by atoms with Crippen molar-refractivity contribution in [2.75, 3.05) is 19.6 Å². The zero-order valence-corrected chi connectivity index (χ0v) is 17.2. The molecule has 1 aliphatic rings. The van der Waals surface area contributed by atoms with Gasteiger partial charge in [-0.1, -0.05) is 78.1 Å². The minimum absolute atomic E-state index is 0.284. The summed E-state index contributed by atoms with van der Waals surface area (Å²) >= 11 is 0. The van der Waals surface area contributed by atoms with Crippen LogP contribution in [0.5, 0.6) is 0 Å². The first-order chi connectivity index (χ1) is 12.3. The largest absolute Gasteiger partial charge is 0.352 e. The van der Waals surface area contributed by atoms with Gasteiger partial charge >= 0.3 is 0 Å². The summed E-state index contributed by atoms with van der Waals surface area (Å²) in [4.78, 5) is 14.8. The molecule has 0 bridgehead atoms. The smallest absolute Gasteiger partial charge is 0.220 e. The van der Waals surface area contributed by atoms with Crippen LogP contribution in [0, 0.1) is 0 Å². The molecule has 1 atom stereocenters. The average molecular weight is 353 g/mol. The Morgan fingerprint density at radius 3 is 2.04 bits per heavy atom. The highest BCUT2D eigenvalue weighted by atomic mass is 16.1. The van der Waals surface area contributed by atoms with E-state index in [0.717, 1.165) is 25.8 Å². The summed E-state index contributed by atoms with van der Waals surface area (Å²) in [5.41, 5.74) is 0. The van der Waals surface area contributed by atoms with Crippen LogP contribution in [0.4, 0.5) is 0 Å². The molecule has 3 nitrogen and oxygen atoms in total. The maximum absolute atomic E-state index is 12.3. The predicted molar refractivity (Wildman–Crippen MR) is 109 cm³/mol. The monoisotopic (exact) mass is 352 g/mol. The van der Waals surface area contributed by atoms with E-state index in [2.05, 4.69) is 24.1 Å². The van der Waals surface area contributed by atoms with Gasteiger partial charge in [0.15, 0.2) is 0 Å². The van der Waals surface area contributed by atoms with E-state index in [1.807, 2.05) is 0 Å². The van der Waals surface area contributed by atoms with Crippen LogP contribution < -0.4 is 5.32 Å². The second-order valence-electron chi connectivity index (χ2n) is 7.99. The molecule has 1 aliphatic heterocycles. The van der Waals surface area contributed by atoms with Gasteiger partial charge in [-0.3, -0.25) is 4.79 Å². The highest BCUT2D eigenvalue weighted by molar-refractivity contribution is 5.76. The lowest BCUT2D eigenvalue weighted by atomic mass is 10.0. The van der Waals surface area contributed by atoms with Gasteiger partial charge in [0.1, 0.15) is 0 Å². The summed E-state index contributed by atoms with van der Waals surface area (Å²) in [6, 6.07) is 0.368. The molecule has 1 rings (SSSR count). The minimum Gasteiger partial charge on any atom is -0.352 e. The van der Waals surface area contributed by atoms with Crippen LogP contribution in [0.15, 0.2) is 0 Å². The lowest BCUT2D eigenvalue weighted by Crippen LogP contribution is -2.43. The van der Waals surface area contributed by atoms with Crippen molar-refractivity contribution >= 4 is 5.91 Å². The number of unbranched alkanes of at least 4 members (excludes halogenated alkanes) is 9. The van der Waals surface area contributed by atoms with E-state index in [-0.39, 0.29) is 5.91 Å². The van der Waals surface area contributed by atoms with Gasteiger partial charge in [-0.25, -0.2) is 0 Å². The topological polar surface area (TPSA) is 32.3 Å². The number of hydrogen-bond acceptors (Lipinski definition) is 2. The molecule has 1 amide bonds. The van der Waals surface area contributed by atoms with Crippen molar-refractivity contribution < 1.29 is 4.79 Å². The van der Waals surface area contributed by atoms with E-state index >= 15 is 0 Å². The fourth-order valence-electron chi connectivity index (χ4n) is 3.85. The summed E-state index contributed by atoms with van der Waals surface area (Å²) in [5.74, 6) is 0.284. The molecular formula is C22H44N2O. The molecule has 0 aromatic heterocycles. The SMILES string of the molecule is CCCCCCCC[C@@H](CN1CCCC1)NC(=O)CCCCCCC. The Hall–Kier alpha value is -0.570. The van der Waals surface area contributed by atoms with Crippen LogP contribution in [0.3, 0.4) is 0 Å². The van der Waals surface area contributed by atoms with E-state index in [1.165, 1.54) is 90.1 Å². The lowest BCUT2D eigenvalue weighted by Gasteiger charge is -2.24. The van der Waals surface area contributed by atoms with Gasteiger partial charge in [0, 0.05) is 19.0 Å². The van der Waals surface area contributed by atoms with Crippen LogP contribution in [0.1, 0.15) is 110 Å². The van der Waals surface area contributed by atoms with E-state index in [1.54, 1.807) is 0 Å². The van der Waals surface area contributed by atoms with Crippen molar-refractivity contribution in [2.24, 2.45) is 0 Å². The molecule has 1 fully saturated rings. The third-order valence-electron chi connectivity index (χ3n) is 5.46. The molecule has 148 valence electrons. The van der Waals surface area contributed by atoms with Gasteiger partial charge in [-0.15, -0.1) is 0 Å². The second kappa shape index (κ2) is 15.7. The van der Waals surface area contributed by atoms with E-state index < -0.39 is 0 Å². The van der Waals surface area contributed by atoms with Crippen LogP contribution in [0.2, 0.25) is 0 Å². The maximum atomic E-state index is 12.3. The Labute approximate surface area is 157 Å². The van der Waals surface area contributed by atoms with Crippen molar-refractivity contribution in [2.45, 2.75) is 116 Å². The standard InChI is InChI=1S/C22H44N2O/c1-3-5-7-9-11-12-16-21(20-24-18-14-15-19-24)23-22(25)17-13-10-8-6-4-2/h21H,3-20H2,1-2H3,(H,23,25)/t21-/m0/s1. The van der Waals surface area contributed by atoms with Gasteiger partial charge in [0.2, 0.25) is 5.91 Å². The summed E-state index contributed by atoms with van der Waals surface area (Å²) in [6.07, 6.45) is 18.6. The predicted octanol–water partition coefficient (Wildman–Crippen LogP) is 5.68. The number of nitrogens with one attached hydrogen (secondary N) is 1. The van der Waals surface area contributed by atoms with Gasteiger partial charge < -0.3 is 10.2 Å². The highest BCUT2D eigenvalue weighted by Crippen LogP contribution is 2.13. The molecule has 1 heterocycles. The summed E-state index contributed by atoms with van der Waals surface area (Å²) in [5, 5.41) is 3.36. The van der Waals surface area contributed by atoms with Gasteiger partial charge in [-0.2, -0.15) is 0 Å². The molecule has 0 spiro atoms. The van der Waals surface area contributed by atoms with Crippen molar-refractivity contribution in [1.29, 1.82) is 0 Å². The van der Waals surface area contributed by atoms with Crippen LogP contribution in [-0.2, 0) is 4.79 Å². The third kappa shape index (κ3) is 12.4. The Balaban J connectivity index is 2.22. The Kier molecular flexibility index (Phi) is 14.1. The molecule has 1 saturated heterocycles. The Morgan fingerprint density at radius 2 is 1.40 bits per heavy atom. The maximum Gasteiger partial charge on any atom is 0.220 e. The molecule has 1 N–H and O–H groups in total. The Bertz CT molecular complexity index is 313. The number of rotatable bonds is 16. The molecule has 0 aromatic rings. The minimum atomic E-state index is 0.284. The zero-order valence-electron chi connectivity index (χ0n) is 17.2. The van der Waals surface area contributed by atoms with Crippen LogP contribution in [0.25, 0.3) is 0 Å². The first-order valence-electron chi connectivity index (χ1n) is 11.3. The molecule has 0 aliphatic carbocycles.